The van der Waals surface area contributed by atoms with E-state index in [1.54, 1.807) is 18.5 Å². The molecule has 6 nitrogen and oxygen atoms in total. The van der Waals surface area contributed by atoms with Gasteiger partial charge in [-0.1, -0.05) is 6.07 Å². The largest absolute Gasteiger partial charge is 0.347 e. The third kappa shape index (κ3) is 4.14. The van der Waals surface area contributed by atoms with Crippen molar-refractivity contribution >= 4 is 22.4 Å². The zero-order chi connectivity index (χ0) is 15.9. The van der Waals surface area contributed by atoms with Crippen LogP contribution in [-0.4, -0.2) is 15.9 Å². The Morgan fingerprint density at radius 2 is 2.32 bits per heavy atom. The van der Waals surface area contributed by atoms with Crippen LogP contribution in [0.2, 0.25) is 0 Å². The Hall–Kier alpha value is -2.72. The van der Waals surface area contributed by atoms with E-state index in [-0.39, 0.29) is 5.57 Å². The molecule has 0 unspecified atom stereocenters. The van der Waals surface area contributed by atoms with E-state index in [4.69, 9.17) is 5.26 Å². The number of aryl methyl sites for hydroxylation is 2. The highest BCUT2D eigenvalue weighted by molar-refractivity contribution is 7.15. The number of nitrogens with one attached hydrogen (secondary N) is 2. The molecule has 0 spiro atoms. The van der Waals surface area contributed by atoms with Crippen molar-refractivity contribution in [1.82, 2.24) is 15.3 Å². The van der Waals surface area contributed by atoms with Crippen molar-refractivity contribution in [2.24, 2.45) is 0 Å². The minimum Gasteiger partial charge on any atom is -0.347 e. The highest BCUT2D eigenvalue weighted by Gasteiger charge is 2.09. The van der Waals surface area contributed by atoms with Crippen LogP contribution in [0.3, 0.4) is 0 Å². The number of carbonyl (C=O) groups excluding carboxylic acids is 1. The normalized spacial score (nSPS) is 10.9. The molecule has 2 N–H and O–H groups in total. The molecular weight excluding hydrogens is 298 g/mol. The first-order valence-electron chi connectivity index (χ1n) is 6.58. The van der Waals surface area contributed by atoms with Crippen LogP contribution in [-0.2, 0) is 11.3 Å². The molecule has 1 amide bonds. The van der Waals surface area contributed by atoms with Crippen molar-refractivity contribution in [2.75, 3.05) is 5.32 Å². The lowest BCUT2D eigenvalue weighted by Crippen LogP contribution is -2.24. The van der Waals surface area contributed by atoms with Crippen molar-refractivity contribution < 1.29 is 4.79 Å². The van der Waals surface area contributed by atoms with Crippen molar-refractivity contribution in [3.05, 3.63) is 52.4 Å². The van der Waals surface area contributed by atoms with E-state index in [1.165, 1.54) is 17.5 Å². The summed E-state index contributed by atoms with van der Waals surface area (Å²) in [4.78, 5) is 21.3. The van der Waals surface area contributed by atoms with Crippen molar-refractivity contribution in [3.63, 3.8) is 0 Å². The zero-order valence-electron chi connectivity index (χ0n) is 12.3. The van der Waals surface area contributed by atoms with Gasteiger partial charge in [0, 0.05) is 30.0 Å². The minimum atomic E-state index is -0.441. The Bertz CT molecular complexity index is 711. The number of hydrogen-bond acceptors (Lipinski definition) is 6. The quantitative estimate of drug-likeness (QED) is 0.653. The van der Waals surface area contributed by atoms with E-state index >= 15 is 0 Å². The van der Waals surface area contributed by atoms with Gasteiger partial charge in [-0.25, -0.2) is 4.98 Å². The number of nitriles is 1. The van der Waals surface area contributed by atoms with Crippen LogP contribution in [0.25, 0.3) is 0 Å². The summed E-state index contributed by atoms with van der Waals surface area (Å²) in [6.45, 7) is 4.20. The summed E-state index contributed by atoms with van der Waals surface area (Å²) in [5.41, 5.74) is 1.79. The Morgan fingerprint density at radius 1 is 1.50 bits per heavy atom. The van der Waals surface area contributed by atoms with Crippen LogP contribution in [0.4, 0.5) is 5.13 Å². The monoisotopic (exact) mass is 313 g/mol. The van der Waals surface area contributed by atoms with Gasteiger partial charge in [-0.3, -0.25) is 9.78 Å². The molecule has 0 aliphatic rings. The Morgan fingerprint density at radius 3 is 2.91 bits per heavy atom. The summed E-state index contributed by atoms with van der Waals surface area (Å²) in [5, 5.41) is 15.3. The smallest absolute Gasteiger partial charge is 0.263 e. The van der Waals surface area contributed by atoms with E-state index in [0.29, 0.717) is 11.7 Å². The first-order chi connectivity index (χ1) is 10.6. The fraction of sp³-hybridized carbons (Fsp3) is 0.200. The molecule has 0 aromatic carbocycles. The van der Waals surface area contributed by atoms with E-state index in [9.17, 15) is 4.79 Å². The van der Waals surface area contributed by atoms with Crippen LogP contribution >= 0.6 is 11.3 Å². The highest BCUT2D eigenvalue weighted by atomic mass is 32.1. The average Bonchev–Trinajstić information content (AvgIpc) is 2.85. The topological polar surface area (TPSA) is 90.7 Å². The number of aromatic nitrogens is 2. The fourth-order valence-corrected chi connectivity index (χ4v) is 2.38. The Labute approximate surface area is 132 Å². The van der Waals surface area contributed by atoms with Gasteiger partial charge in [0.05, 0.1) is 5.69 Å². The van der Waals surface area contributed by atoms with Gasteiger partial charge in [0.2, 0.25) is 0 Å². The highest BCUT2D eigenvalue weighted by Crippen LogP contribution is 2.21. The van der Waals surface area contributed by atoms with Gasteiger partial charge in [-0.15, -0.1) is 11.3 Å². The second kappa shape index (κ2) is 7.33. The molecule has 0 bridgehead atoms. The average molecular weight is 313 g/mol. The number of nitrogens with zero attached hydrogens (tertiary/aromatic N) is 3. The van der Waals surface area contributed by atoms with Crippen LogP contribution in [0, 0.1) is 25.2 Å². The minimum absolute atomic E-state index is 0.00519. The molecule has 2 aromatic heterocycles. The van der Waals surface area contributed by atoms with Gasteiger partial charge in [0.1, 0.15) is 11.6 Å². The summed E-state index contributed by atoms with van der Waals surface area (Å²) in [6.07, 6.45) is 4.69. The molecule has 0 aliphatic carbocycles. The number of pyridine rings is 1. The molecule has 112 valence electrons. The summed E-state index contributed by atoms with van der Waals surface area (Å²) in [5.74, 6) is -0.441. The molecule has 22 heavy (non-hydrogen) atoms. The first kappa shape index (κ1) is 15.7. The Balaban J connectivity index is 1.96. The number of thiazole rings is 1. The fourth-order valence-electron chi connectivity index (χ4n) is 1.60. The van der Waals surface area contributed by atoms with Crippen molar-refractivity contribution in [1.29, 1.82) is 5.26 Å². The first-order valence-corrected chi connectivity index (χ1v) is 7.39. The van der Waals surface area contributed by atoms with E-state index in [0.717, 1.165) is 16.1 Å². The van der Waals surface area contributed by atoms with Gasteiger partial charge in [0.25, 0.3) is 5.91 Å². The predicted octanol–water partition coefficient (Wildman–Crippen LogP) is 2.29. The second-order valence-electron chi connectivity index (χ2n) is 4.52. The summed E-state index contributed by atoms with van der Waals surface area (Å²) < 4.78 is 0. The molecule has 7 heteroatoms. The molecule has 0 saturated heterocycles. The Kier molecular flexibility index (Phi) is 5.22. The summed E-state index contributed by atoms with van der Waals surface area (Å²) >= 11 is 1.47. The van der Waals surface area contributed by atoms with Crippen LogP contribution < -0.4 is 10.6 Å². The molecule has 0 atom stereocenters. The lowest BCUT2D eigenvalue weighted by molar-refractivity contribution is -0.117. The van der Waals surface area contributed by atoms with Crippen LogP contribution in [0.1, 0.15) is 16.1 Å². The zero-order valence-corrected chi connectivity index (χ0v) is 13.1. The standard InChI is InChI=1S/C15H15N5OS/c1-10-11(2)22-15(20-10)19-9-13(6-16)14(21)18-8-12-4-3-5-17-7-12/h3-5,7,9H,8H2,1-2H3,(H,18,21)(H,19,20)/b13-9-. The maximum absolute atomic E-state index is 12.0. The molecule has 2 aromatic rings. The van der Waals surface area contributed by atoms with Crippen molar-refractivity contribution in [3.8, 4) is 6.07 Å². The van der Waals surface area contributed by atoms with Crippen LogP contribution in [0.5, 0.6) is 0 Å². The molecular formula is C15H15N5OS. The number of anilines is 1. The lowest BCUT2D eigenvalue weighted by atomic mass is 10.2. The van der Waals surface area contributed by atoms with Crippen LogP contribution in [0.15, 0.2) is 36.3 Å². The van der Waals surface area contributed by atoms with Gasteiger partial charge >= 0.3 is 0 Å². The van der Waals surface area contributed by atoms with Gasteiger partial charge in [-0.05, 0) is 25.5 Å². The summed E-state index contributed by atoms with van der Waals surface area (Å²) in [6, 6.07) is 5.52. The van der Waals surface area contributed by atoms with E-state index in [1.807, 2.05) is 26.0 Å². The molecule has 0 fully saturated rings. The maximum atomic E-state index is 12.0. The van der Waals surface area contributed by atoms with E-state index < -0.39 is 5.91 Å². The number of hydrogen-bond donors (Lipinski definition) is 2. The molecule has 0 aliphatic heterocycles. The van der Waals surface area contributed by atoms with Gasteiger partial charge in [-0.2, -0.15) is 5.26 Å². The molecule has 0 radical (unpaired) electrons. The molecule has 0 saturated carbocycles. The summed E-state index contributed by atoms with van der Waals surface area (Å²) in [7, 11) is 0. The predicted molar refractivity (Wildman–Crippen MR) is 85.0 cm³/mol. The number of rotatable bonds is 5. The van der Waals surface area contributed by atoms with Gasteiger partial charge < -0.3 is 10.6 Å². The number of amides is 1. The van der Waals surface area contributed by atoms with E-state index in [2.05, 4.69) is 20.6 Å². The van der Waals surface area contributed by atoms with Gasteiger partial charge in [0.15, 0.2) is 5.13 Å². The molecule has 2 rings (SSSR count). The SMILES string of the molecule is Cc1nc(N/C=C(/C#N)C(=O)NCc2cccnc2)sc1C. The maximum Gasteiger partial charge on any atom is 0.263 e. The number of carbonyl (C=O) groups is 1. The second-order valence-corrected chi connectivity index (χ2v) is 5.72. The van der Waals surface area contributed by atoms with Crippen molar-refractivity contribution in [2.45, 2.75) is 20.4 Å². The third-order valence-corrected chi connectivity index (χ3v) is 3.91. The molecule has 2 heterocycles. The third-order valence-electron chi connectivity index (χ3n) is 2.91. The lowest BCUT2D eigenvalue weighted by Gasteiger charge is -2.04.